The summed E-state index contributed by atoms with van der Waals surface area (Å²) < 4.78 is 16.2. The van der Waals surface area contributed by atoms with Gasteiger partial charge in [0, 0.05) is 5.38 Å². The first-order valence-electron chi connectivity index (χ1n) is 7.36. The Kier molecular flexibility index (Phi) is 4.66. The lowest BCUT2D eigenvalue weighted by Crippen LogP contribution is -2.22. The van der Waals surface area contributed by atoms with Gasteiger partial charge in [-0.2, -0.15) is 0 Å². The Bertz CT molecular complexity index is 1000. The van der Waals surface area contributed by atoms with Crippen LogP contribution in [0.3, 0.4) is 0 Å². The molecule has 0 aliphatic heterocycles. The van der Waals surface area contributed by atoms with Crippen LogP contribution in [0.25, 0.3) is 10.2 Å². The number of thiophene rings is 1. The van der Waals surface area contributed by atoms with Gasteiger partial charge in [0.15, 0.2) is 0 Å². The van der Waals surface area contributed by atoms with Crippen molar-refractivity contribution in [1.29, 1.82) is 0 Å². The first-order valence-corrected chi connectivity index (χ1v) is 8.24. The summed E-state index contributed by atoms with van der Waals surface area (Å²) in [7, 11) is 1.25. The number of carbonyl (C=O) groups is 2. The predicted octanol–water partition coefficient (Wildman–Crippen LogP) is 2.06. The summed E-state index contributed by atoms with van der Waals surface area (Å²) >= 11 is 1.20. The van der Waals surface area contributed by atoms with Crippen LogP contribution >= 0.6 is 11.3 Å². The van der Waals surface area contributed by atoms with E-state index in [-0.39, 0.29) is 35.4 Å². The topological polar surface area (TPSA) is 101 Å². The molecule has 0 aromatic carbocycles. The van der Waals surface area contributed by atoms with Crippen LogP contribution in [0.15, 0.2) is 33.1 Å². The second-order valence-corrected chi connectivity index (χ2v) is 5.84. The molecule has 0 radical (unpaired) electrons. The molecule has 9 heteroatoms. The molecule has 0 fully saturated rings. The Morgan fingerprint density at radius 2 is 2.12 bits per heavy atom. The third-order valence-corrected chi connectivity index (χ3v) is 4.32. The maximum Gasteiger partial charge on any atom is 0.373 e. The molecule has 25 heavy (non-hydrogen) atoms. The molecule has 0 aliphatic carbocycles. The van der Waals surface area contributed by atoms with Crippen molar-refractivity contribution in [2.75, 3.05) is 13.7 Å². The SMILES string of the molecule is CCOC(=O)c1csc2ncn(Cc3ccc(C(=O)OC)o3)c(=O)c12. The van der Waals surface area contributed by atoms with Gasteiger partial charge in [0.1, 0.15) is 10.6 Å². The summed E-state index contributed by atoms with van der Waals surface area (Å²) in [6.45, 7) is 1.98. The van der Waals surface area contributed by atoms with Gasteiger partial charge in [-0.05, 0) is 19.1 Å². The summed E-state index contributed by atoms with van der Waals surface area (Å²) in [4.78, 5) is 40.8. The number of furan rings is 1. The lowest BCUT2D eigenvalue weighted by Gasteiger charge is -2.04. The maximum atomic E-state index is 12.7. The monoisotopic (exact) mass is 362 g/mol. The molecule has 0 amide bonds. The zero-order chi connectivity index (χ0) is 18.0. The quantitative estimate of drug-likeness (QED) is 0.640. The number of ether oxygens (including phenoxy) is 2. The zero-order valence-corrected chi connectivity index (χ0v) is 14.3. The Morgan fingerprint density at radius 1 is 1.32 bits per heavy atom. The van der Waals surface area contributed by atoms with Gasteiger partial charge in [0.05, 0.1) is 37.5 Å². The minimum atomic E-state index is -0.602. The van der Waals surface area contributed by atoms with Gasteiger partial charge >= 0.3 is 11.9 Å². The van der Waals surface area contributed by atoms with E-state index in [4.69, 9.17) is 9.15 Å². The van der Waals surface area contributed by atoms with Gasteiger partial charge in [-0.1, -0.05) is 0 Å². The molecular formula is C16H14N2O6S. The molecule has 3 aromatic heterocycles. The molecule has 3 heterocycles. The number of nitrogens with zero attached hydrogens (tertiary/aromatic N) is 2. The van der Waals surface area contributed by atoms with Crippen LogP contribution in [0.1, 0.15) is 33.6 Å². The minimum absolute atomic E-state index is 0.0438. The third kappa shape index (κ3) is 3.18. The molecule has 0 N–H and O–H groups in total. The second kappa shape index (κ2) is 6.89. The van der Waals surface area contributed by atoms with Crippen molar-refractivity contribution in [2.24, 2.45) is 0 Å². The number of carbonyl (C=O) groups excluding carboxylic acids is 2. The van der Waals surface area contributed by atoms with Crippen molar-refractivity contribution in [3.05, 3.63) is 51.3 Å². The van der Waals surface area contributed by atoms with Crippen LogP contribution in [-0.4, -0.2) is 35.2 Å². The summed E-state index contributed by atoms with van der Waals surface area (Å²) in [5.41, 5.74) is -0.186. The fraction of sp³-hybridized carbons (Fsp3) is 0.250. The fourth-order valence-corrected chi connectivity index (χ4v) is 3.15. The number of esters is 2. The van der Waals surface area contributed by atoms with E-state index in [9.17, 15) is 14.4 Å². The summed E-state index contributed by atoms with van der Waals surface area (Å²) in [5, 5.41) is 1.77. The predicted molar refractivity (Wildman–Crippen MR) is 89.0 cm³/mol. The van der Waals surface area contributed by atoms with Crippen molar-refractivity contribution >= 4 is 33.5 Å². The maximum absolute atomic E-state index is 12.7. The van der Waals surface area contributed by atoms with E-state index in [2.05, 4.69) is 9.72 Å². The van der Waals surface area contributed by atoms with Crippen LogP contribution < -0.4 is 5.56 Å². The number of aromatic nitrogens is 2. The highest BCUT2D eigenvalue weighted by molar-refractivity contribution is 7.17. The second-order valence-electron chi connectivity index (χ2n) is 4.99. The summed E-state index contributed by atoms with van der Waals surface area (Å²) in [6.07, 6.45) is 1.37. The first kappa shape index (κ1) is 16.9. The number of fused-ring (bicyclic) bond motifs is 1. The lowest BCUT2D eigenvalue weighted by atomic mass is 10.2. The Morgan fingerprint density at radius 3 is 2.84 bits per heavy atom. The normalized spacial score (nSPS) is 10.8. The van der Waals surface area contributed by atoms with Gasteiger partial charge in [-0.25, -0.2) is 14.6 Å². The van der Waals surface area contributed by atoms with Gasteiger partial charge in [0.2, 0.25) is 5.76 Å². The van der Waals surface area contributed by atoms with Gasteiger partial charge in [-0.3, -0.25) is 9.36 Å². The molecule has 3 rings (SSSR count). The van der Waals surface area contributed by atoms with Crippen LogP contribution in [0.5, 0.6) is 0 Å². The van der Waals surface area contributed by atoms with E-state index in [1.807, 2.05) is 0 Å². The first-order chi connectivity index (χ1) is 12.0. The van der Waals surface area contributed by atoms with Crippen molar-refractivity contribution in [3.8, 4) is 0 Å². The van der Waals surface area contributed by atoms with E-state index in [1.165, 1.54) is 35.4 Å². The third-order valence-electron chi connectivity index (χ3n) is 3.43. The molecular weight excluding hydrogens is 348 g/mol. The summed E-state index contributed by atoms with van der Waals surface area (Å²) in [5.74, 6) is -0.732. The molecule has 0 unspecified atom stereocenters. The highest BCUT2D eigenvalue weighted by atomic mass is 32.1. The van der Waals surface area contributed by atoms with Crippen molar-refractivity contribution in [1.82, 2.24) is 9.55 Å². The smallest absolute Gasteiger partial charge is 0.373 e. The van der Waals surface area contributed by atoms with Crippen LogP contribution in [-0.2, 0) is 16.0 Å². The zero-order valence-electron chi connectivity index (χ0n) is 13.5. The van der Waals surface area contributed by atoms with Gasteiger partial charge < -0.3 is 13.9 Å². The summed E-state index contributed by atoms with van der Waals surface area (Å²) in [6, 6.07) is 3.04. The van der Waals surface area contributed by atoms with Crippen molar-refractivity contribution < 1.29 is 23.5 Å². The highest BCUT2D eigenvalue weighted by Gasteiger charge is 2.19. The molecule has 0 bridgehead atoms. The number of hydrogen-bond donors (Lipinski definition) is 0. The van der Waals surface area contributed by atoms with Gasteiger partial charge in [-0.15, -0.1) is 11.3 Å². The minimum Gasteiger partial charge on any atom is -0.463 e. The molecule has 130 valence electrons. The van der Waals surface area contributed by atoms with Crippen LogP contribution in [0, 0.1) is 0 Å². The lowest BCUT2D eigenvalue weighted by molar-refractivity contribution is 0.0527. The van der Waals surface area contributed by atoms with Gasteiger partial charge in [0.25, 0.3) is 5.56 Å². The largest absolute Gasteiger partial charge is 0.463 e. The van der Waals surface area contributed by atoms with Crippen molar-refractivity contribution in [3.63, 3.8) is 0 Å². The highest BCUT2D eigenvalue weighted by Crippen LogP contribution is 2.22. The van der Waals surface area contributed by atoms with E-state index in [0.717, 1.165) is 0 Å². The molecule has 0 aliphatic rings. The molecule has 3 aromatic rings. The average Bonchev–Trinajstić information content (AvgIpc) is 3.24. The Balaban J connectivity index is 1.97. The van der Waals surface area contributed by atoms with E-state index < -0.39 is 11.9 Å². The molecule has 0 spiro atoms. The molecule has 0 atom stereocenters. The number of methoxy groups -OCH3 is 1. The molecule has 0 saturated carbocycles. The van der Waals surface area contributed by atoms with E-state index >= 15 is 0 Å². The average molecular weight is 362 g/mol. The standard InChI is InChI=1S/C16H14N2O6S/c1-3-23-15(20)10-7-25-13-12(10)14(19)18(8-17-13)6-9-4-5-11(24-9)16(21)22-2/h4-5,7-8H,3,6H2,1-2H3. The number of hydrogen-bond acceptors (Lipinski definition) is 8. The van der Waals surface area contributed by atoms with Crippen molar-refractivity contribution in [2.45, 2.75) is 13.5 Å². The van der Waals surface area contributed by atoms with E-state index in [1.54, 1.807) is 18.4 Å². The number of rotatable bonds is 5. The van der Waals surface area contributed by atoms with Crippen LogP contribution in [0.2, 0.25) is 0 Å². The fourth-order valence-electron chi connectivity index (χ4n) is 2.28. The molecule has 8 nitrogen and oxygen atoms in total. The Hall–Kier alpha value is -2.94. The van der Waals surface area contributed by atoms with E-state index in [0.29, 0.717) is 10.6 Å². The van der Waals surface area contributed by atoms with Crippen LogP contribution in [0.4, 0.5) is 0 Å². The Labute approximate surface area is 145 Å². The molecule has 0 saturated heterocycles.